The van der Waals surface area contributed by atoms with Gasteiger partial charge in [0.2, 0.25) is 0 Å². The number of benzene rings is 1. The summed E-state index contributed by atoms with van der Waals surface area (Å²) in [6.45, 7) is 0. The van der Waals surface area contributed by atoms with Crippen LogP contribution in [0.25, 0.3) is 0 Å². The van der Waals surface area contributed by atoms with Crippen LogP contribution in [0.1, 0.15) is 25.7 Å². The minimum atomic E-state index is 0.798. The van der Waals surface area contributed by atoms with Crippen molar-refractivity contribution in [1.82, 2.24) is 5.32 Å². The lowest BCUT2D eigenvalue weighted by Crippen LogP contribution is -2.39. The van der Waals surface area contributed by atoms with Crippen LogP contribution in [0.5, 0.6) is 0 Å². The van der Waals surface area contributed by atoms with E-state index < -0.39 is 0 Å². The summed E-state index contributed by atoms with van der Waals surface area (Å²) < 4.78 is 1.17. The van der Waals surface area contributed by atoms with Crippen molar-refractivity contribution in [1.29, 1.82) is 0 Å². The van der Waals surface area contributed by atoms with Gasteiger partial charge in [-0.25, -0.2) is 0 Å². The largest absolute Gasteiger partial charge is 0.311 e. The molecule has 0 saturated carbocycles. The molecule has 1 unspecified atom stereocenters. The van der Waals surface area contributed by atoms with Gasteiger partial charge in [-0.05, 0) is 49.9 Å². The topological polar surface area (TPSA) is 12.0 Å². The standard InChI is InChI=1S/C13H16BrNS/c14-9-1-5-12(6-2-9)16-13-7-10-3-4-11(8-13)15-10/h1-2,5-6,10-11,13,15H,3-4,7-8H2/t10-,11+,13?. The number of piperidine rings is 1. The lowest BCUT2D eigenvalue weighted by molar-refractivity contribution is 0.415. The normalized spacial score (nSPS) is 32.9. The van der Waals surface area contributed by atoms with Gasteiger partial charge in [-0.15, -0.1) is 11.8 Å². The Hall–Kier alpha value is 0.01000. The van der Waals surface area contributed by atoms with E-state index in [0.29, 0.717) is 0 Å². The van der Waals surface area contributed by atoms with Crippen LogP contribution < -0.4 is 5.32 Å². The SMILES string of the molecule is Brc1ccc(SC2C[C@H]3CC[C@@H](C2)N3)cc1. The second kappa shape index (κ2) is 4.71. The highest BCUT2D eigenvalue weighted by atomic mass is 79.9. The van der Waals surface area contributed by atoms with E-state index in [1.807, 2.05) is 0 Å². The first kappa shape index (κ1) is 11.1. The summed E-state index contributed by atoms with van der Waals surface area (Å²) in [6, 6.07) is 10.3. The summed E-state index contributed by atoms with van der Waals surface area (Å²) in [6.07, 6.45) is 5.47. The molecule has 1 N–H and O–H groups in total. The van der Waals surface area contributed by atoms with Crippen molar-refractivity contribution in [2.24, 2.45) is 0 Å². The van der Waals surface area contributed by atoms with Gasteiger partial charge >= 0.3 is 0 Å². The number of nitrogens with one attached hydrogen (secondary N) is 1. The molecule has 0 spiro atoms. The van der Waals surface area contributed by atoms with Gasteiger partial charge in [-0.3, -0.25) is 0 Å². The molecule has 0 aliphatic carbocycles. The second-order valence-corrected chi connectivity index (χ2v) is 7.09. The first-order chi connectivity index (χ1) is 7.79. The summed E-state index contributed by atoms with van der Waals surface area (Å²) in [7, 11) is 0. The van der Waals surface area contributed by atoms with E-state index in [9.17, 15) is 0 Å². The Morgan fingerprint density at radius 2 is 1.69 bits per heavy atom. The lowest BCUT2D eigenvalue weighted by atomic mass is 10.1. The molecule has 2 aliphatic rings. The third-order valence-electron chi connectivity index (χ3n) is 3.55. The van der Waals surface area contributed by atoms with Gasteiger partial charge in [0.15, 0.2) is 0 Å². The number of hydrogen-bond donors (Lipinski definition) is 1. The van der Waals surface area contributed by atoms with Gasteiger partial charge < -0.3 is 5.32 Å². The fourth-order valence-electron chi connectivity index (χ4n) is 2.81. The molecule has 1 aromatic carbocycles. The molecular formula is C13H16BrNS. The van der Waals surface area contributed by atoms with Gasteiger partial charge in [0.05, 0.1) is 0 Å². The van der Waals surface area contributed by atoms with Gasteiger partial charge in [0, 0.05) is 26.7 Å². The Kier molecular flexibility index (Phi) is 3.27. The van der Waals surface area contributed by atoms with E-state index in [1.54, 1.807) is 0 Å². The zero-order valence-electron chi connectivity index (χ0n) is 9.16. The average Bonchev–Trinajstić information content (AvgIpc) is 2.62. The van der Waals surface area contributed by atoms with Crippen LogP contribution in [0.4, 0.5) is 0 Å². The molecule has 2 bridgehead atoms. The van der Waals surface area contributed by atoms with Crippen molar-refractivity contribution in [3.63, 3.8) is 0 Å². The number of fused-ring (bicyclic) bond motifs is 2. The third kappa shape index (κ3) is 2.47. The van der Waals surface area contributed by atoms with Crippen molar-refractivity contribution in [3.05, 3.63) is 28.7 Å². The van der Waals surface area contributed by atoms with Crippen LogP contribution in [0, 0.1) is 0 Å². The van der Waals surface area contributed by atoms with E-state index >= 15 is 0 Å². The maximum Gasteiger partial charge on any atom is 0.0176 e. The van der Waals surface area contributed by atoms with Crippen LogP contribution in [0.3, 0.4) is 0 Å². The summed E-state index contributed by atoms with van der Waals surface area (Å²) in [4.78, 5) is 1.41. The maximum absolute atomic E-state index is 3.69. The number of thioether (sulfide) groups is 1. The van der Waals surface area contributed by atoms with Crippen LogP contribution in [-0.2, 0) is 0 Å². The molecule has 16 heavy (non-hydrogen) atoms. The average molecular weight is 298 g/mol. The van der Waals surface area contributed by atoms with E-state index in [4.69, 9.17) is 0 Å². The van der Waals surface area contributed by atoms with Gasteiger partial charge in [-0.2, -0.15) is 0 Å². The molecule has 0 radical (unpaired) electrons. The fraction of sp³-hybridized carbons (Fsp3) is 0.538. The summed E-state index contributed by atoms with van der Waals surface area (Å²) in [5.41, 5.74) is 0. The molecule has 2 heterocycles. The Balaban J connectivity index is 1.64. The Bertz CT molecular complexity index is 353. The highest BCUT2D eigenvalue weighted by Crippen LogP contribution is 2.37. The van der Waals surface area contributed by atoms with Crippen LogP contribution in [0.2, 0.25) is 0 Å². The summed E-state index contributed by atoms with van der Waals surface area (Å²) in [5.74, 6) is 0. The Labute approximate surface area is 110 Å². The molecule has 2 aliphatic heterocycles. The predicted molar refractivity (Wildman–Crippen MR) is 73.0 cm³/mol. The monoisotopic (exact) mass is 297 g/mol. The molecule has 0 amide bonds. The molecule has 86 valence electrons. The van der Waals surface area contributed by atoms with Gasteiger partial charge in [0.1, 0.15) is 0 Å². The van der Waals surface area contributed by atoms with Crippen molar-refractivity contribution < 1.29 is 0 Å². The smallest absolute Gasteiger partial charge is 0.0176 e. The fourth-order valence-corrected chi connectivity index (χ4v) is 4.41. The Morgan fingerprint density at radius 3 is 2.31 bits per heavy atom. The highest BCUT2D eigenvalue weighted by molar-refractivity contribution is 9.10. The molecule has 1 aromatic rings. The van der Waals surface area contributed by atoms with Crippen molar-refractivity contribution in [2.45, 2.75) is 47.9 Å². The second-order valence-electron chi connectivity index (χ2n) is 4.80. The molecule has 2 fully saturated rings. The molecule has 3 atom stereocenters. The quantitative estimate of drug-likeness (QED) is 0.890. The first-order valence-corrected chi connectivity index (χ1v) is 7.65. The van der Waals surface area contributed by atoms with E-state index in [-0.39, 0.29) is 0 Å². The van der Waals surface area contributed by atoms with E-state index in [1.165, 1.54) is 35.1 Å². The lowest BCUT2D eigenvalue weighted by Gasteiger charge is -2.28. The molecule has 2 saturated heterocycles. The molecule has 0 aromatic heterocycles. The maximum atomic E-state index is 3.69. The molecule has 3 heteroatoms. The van der Waals surface area contributed by atoms with Crippen LogP contribution in [0.15, 0.2) is 33.6 Å². The van der Waals surface area contributed by atoms with Crippen LogP contribution in [-0.4, -0.2) is 17.3 Å². The first-order valence-electron chi connectivity index (χ1n) is 5.98. The molecular weight excluding hydrogens is 282 g/mol. The summed E-state index contributed by atoms with van der Waals surface area (Å²) >= 11 is 5.54. The minimum absolute atomic E-state index is 0.798. The van der Waals surface area contributed by atoms with Crippen molar-refractivity contribution >= 4 is 27.7 Å². The van der Waals surface area contributed by atoms with Crippen LogP contribution >= 0.6 is 27.7 Å². The number of rotatable bonds is 2. The number of hydrogen-bond acceptors (Lipinski definition) is 2. The van der Waals surface area contributed by atoms with E-state index in [0.717, 1.165) is 17.3 Å². The predicted octanol–water partition coefficient (Wildman–Crippen LogP) is 3.82. The van der Waals surface area contributed by atoms with Crippen molar-refractivity contribution in [2.75, 3.05) is 0 Å². The Morgan fingerprint density at radius 1 is 1.06 bits per heavy atom. The zero-order chi connectivity index (χ0) is 11.0. The molecule has 3 rings (SSSR count). The van der Waals surface area contributed by atoms with Crippen molar-refractivity contribution in [3.8, 4) is 0 Å². The zero-order valence-corrected chi connectivity index (χ0v) is 11.6. The molecule has 1 nitrogen and oxygen atoms in total. The van der Waals surface area contributed by atoms with Gasteiger partial charge in [-0.1, -0.05) is 15.9 Å². The minimum Gasteiger partial charge on any atom is -0.311 e. The summed E-state index contributed by atoms with van der Waals surface area (Å²) in [5, 5.41) is 4.51. The third-order valence-corrected chi connectivity index (χ3v) is 5.34. The van der Waals surface area contributed by atoms with Gasteiger partial charge in [0.25, 0.3) is 0 Å². The highest BCUT2D eigenvalue weighted by Gasteiger charge is 2.33. The number of halogens is 1. The van der Waals surface area contributed by atoms with E-state index in [2.05, 4.69) is 57.3 Å².